The summed E-state index contributed by atoms with van der Waals surface area (Å²) < 4.78 is 0. The van der Waals surface area contributed by atoms with Crippen LogP contribution in [-0.2, 0) is 6.42 Å². The van der Waals surface area contributed by atoms with E-state index in [0.717, 1.165) is 16.8 Å². The molecular formula is C15H16N2O2. The summed E-state index contributed by atoms with van der Waals surface area (Å²) in [7, 11) is 0. The normalized spacial score (nSPS) is 10.2. The number of benzene rings is 1. The SMILES string of the molecule is Cc1cncc(C(=O)Nc2ccc(CCO)cc2)c1. The van der Waals surface area contributed by atoms with Gasteiger partial charge < -0.3 is 10.4 Å². The molecule has 19 heavy (non-hydrogen) atoms. The molecule has 0 aliphatic rings. The molecule has 0 bridgehead atoms. The van der Waals surface area contributed by atoms with Crippen LogP contribution in [0.3, 0.4) is 0 Å². The number of aromatic nitrogens is 1. The lowest BCUT2D eigenvalue weighted by atomic mass is 10.1. The summed E-state index contributed by atoms with van der Waals surface area (Å²) in [6.07, 6.45) is 3.87. The van der Waals surface area contributed by atoms with E-state index in [1.54, 1.807) is 18.5 Å². The molecule has 0 atom stereocenters. The highest BCUT2D eigenvalue weighted by Crippen LogP contribution is 2.12. The van der Waals surface area contributed by atoms with Gasteiger partial charge in [-0.2, -0.15) is 0 Å². The molecule has 1 aromatic heterocycles. The highest BCUT2D eigenvalue weighted by Gasteiger charge is 2.06. The molecule has 4 nitrogen and oxygen atoms in total. The molecule has 2 rings (SSSR count). The zero-order chi connectivity index (χ0) is 13.7. The number of nitrogens with one attached hydrogen (secondary N) is 1. The zero-order valence-corrected chi connectivity index (χ0v) is 10.8. The van der Waals surface area contributed by atoms with Crippen LogP contribution in [0.5, 0.6) is 0 Å². The second-order valence-electron chi connectivity index (χ2n) is 4.38. The van der Waals surface area contributed by atoms with Crippen molar-refractivity contribution in [2.24, 2.45) is 0 Å². The smallest absolute Gasteiger partial charge is 0.257 e. The third-order valence-corrected chi connectivity index (χ3v) is 2.75. The van der Waals surface area contributed by atoms with Gasteiger partial charge in [0.1, 0.15) is 0 Å². The van der Waals surface area contributed by atoms with Gasteiger partial charge in [0.15, 0.2) is 0 Å². The molecule has 0 saturated carbocycles. The van der Waals surface area contributed by atoms with Crippen LogP contribution in [0, 0.1) is 6.92 Å². The Morgan fingerprint density at radius 2 is 2.00 bits per heavy atom. The van der Waals surface area contributed by atoms with Gasteiger partial charge in [-0.05, 0) is 42.7 Å². The maximum atomic E-state index is 12.0. The Hall–Kier alpha value is -2.20. The largest absolute Gasteiger partial charge is 0.396 e. The number of carbonyl (C=O) groups is 1. The van der Waals surface area contributed by atoms with Crippen LogP contribution >= 0.6 is 0 Å². The topological polar surface area (TPSA) is 62.2 Å². The average Bonchev–Trinajstić information content (AvgIpc) is 2.41. The number of hydrogen-bond acceptors (Lipinski definition) is 3. The number of aliphatic hydroxyl groups is 1. The molecule has 2 aromatic rings. The van der Waals surface area contributed by atoms with Crippen LogP contribution in [0.4, 0.5) is 5.69 Å². The maximum absolute atomic E-state index is 12.0. The zero-order valence-electron chi connectivity index (χ0n) is 10.8. The van der Waals surface area contributed by atoms with Crippen molar-refractivity contribution < 1.29 is 9.90 Å². The van der Waals surface area contributed by atoms with Gasteiger partial charge >= 0.3 is 0 Å². The van der Waals surface area contributed by atoms with Crippen molar-refractivity contribution >= 4 is 11.6 Å². The minimum Gasteiger partial charge on any atom is -0.396 e. The van der Waals surface area contributed by atoms with Gasteiger partial charge in [-0.25, -0.2) is 0 Å². The first-order chi connectivity index (χ1) is 9.19. The summed E-state index contributed by atoms with van der Waals surface area (Å²) in [6, 6.07) is 9.22. The molecule has 0 radical (unpaired) electrons. The van der Waals surface area contributed by atoms with E-state index in [-0.39, 0.29) is 12.5 Å². The van der Waals surface area contributed by atoms with Gasteiger partial charge in [0.2, 0.25) is 0 Å². The molecule has 0 spiro atoms. The Labute approximate surface area is 112 Å². The number of hydrogen-bond donors (Lipinski definition) is 2. The fourth-order valence-corrected chi connectivity index (χ4v) is 1.77. The second kappa shape index (κ2) is 6.11. The van der Waals surface area contributed by atoms with Crippen molar-refractivity contribution in [3.8, 4) is 0 Å². The van der Waals surface area contributed by atoms with E-state index in [1.165, 1.54) is 0 Å². The van der Waals surface area contributed by atoms with E-state index in [0.29, 0.717) is 12.0 Å². The Balaban J connectivity index is 2.06. The van der Waals surface area contributed by atoms with Crippen LogP contribution in [0.1, 0.15) is 21.5 Å². The second-order valence-corrected chi connectivity index (χ2v) is 4.38. The summed E-state index contributed by atoms with van der Waals surface area (Å²) in [5, 5.41) is 11.6. The van der Waals surface area contributed by atoms with E-state index in [2.05, 4.69) is 10.3 Å². The fourth-order valence-electron chi connectivity index (χ4n) is 1.77. The molecule has 0 aliphatic heterocycles. The van der Waals surface area contributed by atoms with Crippen molar-refractivity contribution in [1.29, 1.82) is 0 Å². The maximum Gasteiger partial charge on any atom is 0.257 e. The lowest BCUT2D eigenvalue weighted by molar-refractivity contribution is 0.102. The Morgan fingerprint density at radius 1 is 1.26 bits per heavy atom. The van der Waals surface area contributed by atoms with Crippen molar-refractivity contribution in [2.45, 2.75) is 13.3 Å². The summed E-state index contributed by atoms with van der Waals surface area (Å²) >= 11 is 0. The van der Waals surface area contributed by atoms with Gasteiger partial charge in [0, 0.05) is 24.7 Å². The van der Waals surface area contributed by atoms with E-state index >= 15 is 0 Å². The van der Waals surface area contributed by atoms with Gasteiger partial charge in [0.05, 0.1) is 5.56 Å². The number of pyridine rings is 1. The van der Waals surface area contributed by atoms with Crippen LogP contribution in [0.15, 0.2) is 42.7 Å². The molecular weight excluding hydrogens is 240 g/mol. The van der Waals surface area contributed by atoms with E-state index in [4.69, 9.17) is 5.11 Å². The molecule has 98 valence electrons. The molecule has 0 fully saturated rings. The Bertz CT molecular complexity index is 565. The number of anilines is 1. The molecule has 1 aromatic carbocycles. The minimum absolute atomic E-state index is 0.126. The predicted octanol–water partition coefficient (Wildman–Crippen LogP) is 2.18. The quantitative estimate of drug-likeness (QED) is 0.881. The summed E-state index contributed by atoms with van der Waals surface area (Å²) in [4.78, 5) is 16.0. The minimum atomic E-state index is -0.175. The lowest BCUT2D eigenvalue weighted by Gasteiger charge is -2.06. The number of aryl methyl sites for hydroxylation is 1. The summed E-state index contributed by atoms with van der Waals surface area (Å²) in [5.74, 6) is -0.175. The summed E-state index contributed by atoms with van der Waals surface area (Å²) in [6.45, 7) is 2.02. The Morgan fingerprint density at radius 3 is 2.63 bits per heavy atom. The third kappa shape index (κ3) is 3.63. The van der Waals surface area contributed by atoms with E-state index in [9.17, 15) is 4.79 Å². The van der Waals surface area contributed by atoms with Gasteiger partial charge in [0.25, 0.3) is 5.91 Å². The number of aliphatic hydroxyl groups excluding tert-OH is 1. The van der Waals surface area contributed by atoms with Crippen molar-refractivity contribution in [2.75, 3.05) is 11.9 Å². The van der Waals surface area contributed by atoms with E-state index < -0.39 is 0 Å². The van der Waals surface area contributed by atoms with Crippen LogP contribution < -0.4 is 5.32 Å². The molecule has 0 saturated heterocycles. The van der Waals surface area contributed by atoms with Crippen LogP contribution in [-0.4, -0.2) is 22.6 Å². The molecule has 0 unspecified atom stereocenters. The number of rotatable bonds is 4. The molecule has 1 heterocycles. The average molecular weight is 256 g/mol. The van der Waals surface area contributed by atoms with Crippen molar-refractivity contribution in [3.05, 3.63) is 59.4 Å². The van der Waals surface area contributed by atoms with Crippen LogP contribution in [0.2, 0.25) is 0 Å². The third-order valence-electron chi connectivity index (χ3n) is 2.75. The number of carbonyl (C=O) groups excluding carboxylic acids is 1. The van der Waals surface area contributed by atoms with Gasteiger partial charge in [-0.15, -0.1) is 0 Å². The first-order valence-corrected chi connectivity index (χ1v) is 6.12. The number of nitrogens with zero attached hydrogens (tertiary/aromatic N) is 1. The predicted molar refractivity (Wildman–Crippen MR) is 74.2 cm³/mol. The molecule has 0 aliphatic carbocycles. The van der Waals surface area contributed by atoms with Crippen molar-refractivity contribution in [1.82, 2.24) is 4.98 Å². The first kappa shape index (κ1) is 13.2. The van der Waals surface area contributed by atoms with E-state index in [1.807, 2.05) is 31.2 Å². The van der Waals surface area contributed by atoms with Crippen molar-refractivity contribution in [3.63, 3.8) is 0 Å². The number of amides is 1. The lowest BCUT2D eigenvalue weighted by Crippen LogP contribution is -2.12. The first-order valence-electron chi connectivity index (χ1n) is 6.12. The highest BCUT2D eigenvalue weighted by molar-refractivity contribution is 6.04. The Kier molecular flexibility index (Phi) is 4.26. The summed E-state index contributed by atoms with van der Waals surface area (Å²) in [5.41, 5.74) is 3.26. The van der Waals surface area contributed by atoms with Gasteiger partial charge in [-0.1, -0.05) is 12.1 Å². The van der Waals surface area contributed by atoms with Gasteiger partial charge in [-0.3, -0.25) is 9.78 Å². The fraction of sp³-hybridized carbons (Fsp3) is 0.200. The molecule has 4 heteroatoms. The monoisotopic (exact) mass is 256 g/mol. The molecule has 2 N–H and O–H groups in total. The van der Waals surface area contributed by atoms with Crippen LogP contribution in [0.25, 0.3) is 0 Å². The molecule has 1 amide bonds. The standard InChI is InChI=1S/C15H16N2O2/c1-11-8-13(10-16-9-11)15(19)17-14-4-2-12(3-5-14)6-7-18/h2-5,8-10,18H,6-7H2,1H3,(H,17,19). The highest BCUT2D eigenvalue weighted by atomic mass is 16.2.